The fourth-order valence-corrected chi connectivity index (χ4v) is 2.56. The first-order valence-electron chi connectivity index (χ1n) is 6.18. The van der Waals surface area contributed by atoms with Crippen LogP contribution in [0.25, 0.3) is 0 Å². The monoisotopic (exact) mass is 386 g/mol. The second kappa shape index (κ2) is 8.43. The molecule has 0 heterocycles. The molecule has 0 bridgehead atoms. The van der Waals surface area contributed by atoms with Crippen molar-refractivity contribution in [2.24, 2.45) is 0 Å². The molecule has 2 rings (SSSR count). The zero-order valence-electron chi connectivity index (χ0n) is 11.9. The van der Waals surface area contributed by atoms with Crippen LogP contribution in [0.2, 0.25) is 0 Å². The van der Waals surface area contributed by atoms with Gasteiger partial charge in [0.25, 0.3) is 0 Å². The lowest BCUT2D eigenvalue weighted by Gasteiger charge is -2.06. The molecule has 0 aromatic heterocycles. The summed E-state index contributed by atoms with van der Waals surface area (Å²) in [5, 5.41) is 0. The Labute approximate surface area is 142 Å². The minimum absolute atomic E-state index is 0.0463. The number of thioether (sulfide) groups is 2. The van der Waals surface area contributed by atoms with Crippen molar-refractivity contribution >= 4 is 34.9 Å². The molecule has 0 radical (unpaired) electrons. The molecule has 0 unspecified atom stereocenters. The maximum Gasteiger partial charge on any atom is 0.446 e. The smallest absolute Gasteiger partial charge is 0.398 e. The zero-order valence-corrected chi connectivity index (χ0v) is 13.5. The van der Waals surface area contributed by atoms with Gasteiger partial charge in [-0.3, -0.25) is 0 Å². The van der Waals surface area contributed by atoms with E-state index < -0.39 is 11.0 Å². The number of hydrogen-bond donors (Lipinski definition) is 2. The summed E-state index contributed by atoms with van der Waals surface area (Å²) in [4.78, 5) is 0.0926. The standard InChI is InChI=1S/2C7H6F3NS/c2*8-7(9,10)12-6-4-2-1-3-5(6)11/h2*1-4H,11H2. The van der Waals surface area contributed by atoms with Crippen LogP contribution in [-0.4, -0.2) is 11.0 Å². The van der Waals surface area contributed by atoms with Crippen molar-refractivity contribution in [2.75, 3.05) is 11.5 Å². The summed E-state index contributed by atoms with van der Waals surface area (Å²) in [7, 11) is 0. The van der Waals surface area contributed by atoms with Crippen LogP contribution in [0, 0.1) is 0 Å². The Balaban J connectivity index is 0.000000240. The Hall–Kier alpha value is -1.68. The Morgan fingerprint density at radius 2 is 0.875 bits per heavy atom. The number of benzene rings is 2. The zero-order chi connectivity index (χ0) is 18.4. The summed E-state index contributed by atoms with van der Waals surface area (Å²) >= 11 is -0.395. The van der Waals surface area contributed by atoms with E-state index in [1.165, 1.54) is 36.4 Å². The van der Waals surface area contributed by atoms with Crippen molar-refractivity contribution < 1.29 is 26.3 Å². The van der Waals surface area contributed by atoms with Gasteiger partial charge < -0.3 is 11.5 Å². The van der Waals surface area contributed by atoms with Crippen LogP contribution in [0.3, 0.4) is 0 Å². The van der Waals surface area contributed by atoms with E-state index in [1.807, 2.05) is 0 Å². The van der Waals surface area contributed by atoms with E-state index in [4.69, 9.17) is 11.5 Å². The largest absolute Gasteiger partial charge is 0.446 e. The van der Waals surface area contributed by atoms with Crippen molar-refractivity contribution in [1.82, 2.24) is 0 Å². The van der Waals surface area contributed by atoms with Crippen LogP contribution in [0.15, 0.2) is 58.3 Å². The molecule has 132 valence electrons. The topological polar surface area (TPSA) is 52.0 Å². The summed E-state index contributed by atoms with van der Waals surface area (Å²) in [5.41, 5.74) is 2.38. The fraction of sp³-hybridized carbons (Fsp3) is 0.143. The number of nitrogens with two attached hydrogens (primary N) is 2. The number of hydrogen-bond acceptors (Lipinski definition) is 4. The Kier molecular flexibility index (Phi) is 7.15. The molecule has 24 heavy (non-hydrogen) atoms. The average Bonchev–Trinajstić information content (AvgIpc) is 2.42. The molecule has 0 aliphatic carbocycles. The van der Waals surface area contributed by atoms with E-state index in [-0.39, 0.29) is 44.7 Å². The lowest BCUT2D eigenvalue weighted by molar-refractivity contribution is -0.0336. The Morgan fingerprint density at radius 3 is 1.12 bits per heavy atom. The minimum atomic E-state index is -4.27. The van der Waals surface area contributed by atoms with Gasteiger partial charge >= 0.3 is 11.0 Å². The summed E-state index contributed by atoms with van der Waals surface area (Å²) < 4.78 is 71.0. The minimum Gasteiger partial charge on any atom is -0.398 e. The van der Waals surface area contributed by atoms with Gasteiger partial charge in [-0.05, 0) is 47.8 Å². The molecule has 0 saturated carbocycles. The van der Waals surface area contributed by atoms with Crippen molar-refractivity contribution in [3.05, 3.63) is 48.5 Å². The third-order valence-electron chi connectivity index (χ3n) is 2.29. The van der Waals surface area contributed by atoms with Gasteiger partial charge in [-0.2, -0.15) is 26.3 Å². The average molecular weight is 386 g/mol. The van der Waals surface area contributed by atoms with Crippen LogP contribution in [-0.2, 0) is 0 Å². The van der Waals surface area contributed by atoms with Crippen molar-refractivity contribution in [3.8, 4) is 0 Å². The third-order valence-corrected chi connectivity index (χ3v) is 3.94. The number of rotatable bonds is 2. The molecule has 0 aliphatic rings. The van der Waals surface area contributed by atoms with Gasteiger partial charge in [0, 0.05) is 21.2 Å². The maximum absolute atomic E-state index is 11.8. The Morgan fingerprint density at radius 1 is 0.583 bits per heavy atom. The first-order valence-corrected chi connectivity index (χ1v) is 7.82. The van der Waals surface area contributed by atoms with Crippen LogP contribution in [0.1, 0.15) is 0 Å². The molecule has 2 aromatic carbocycles. The fourth-order valence-electron chi connectivity index (χ4n) is 1.40. The first kappa shape index (κ1) is 20.4. The number of nitrogen functional groups attached to an aromatic ring is 2. The van der Waals surface area contributed by atoms with Crippen molar-refractivity contribution in [2.45, 2.75) is 20.8 Å². The van der Waals surface area contributed by atoms with E-state index >= 15 is 0 Å². The molecule has 2 nitrogen and oxygen atoms in total. The lowest BCUT2D eigenvalue weighted by atomic mass is 10.3. The van der Waals surface area contributed by atoms with Gasteiger partial charge in [0.05, 0.1) is 0 Å². The molecular formula is C14H12F6N2S2. The molecule has 10 heteroatoms. The normalized spacial score (nSPS) is 11.6. The van der Waals surface area contributed by atoms with Crippen molar-refractivity contribution in [1.29, 1.82) is 0 Å². The number of halogens is 6. The van der Waals surface area contributed by atoms with Gasteiger partial charge in [-0.1, -0.05) is 24.3 Å². The summed E-state index contributed by atoms with van der Waals surface area (Å²) in [5.74, 6) is 0. The third kappa shape index (κ3) is 8.25. The SMILES string of the molecule is Nc1ccccc1SC(F)(F)F.Nc1ccccc1SC(F)(F)F. The quantitative estimate of drug-likeness (QED) is 0.391. The highest BCUT2D eigenvalue weighted by atomic mass is 32.2. The molecule has 0 spiro atoms. The molecule has 2 aromatic rings. The molecule has 0 fully saturated rings. The van der Waals surface area contributed by atoms with E-state index in [0.29, 0.717) is 0 Å². The molecule has 0 aliphatic heterocycles. The summed E-state index contributed by atoms with van der Waals surface area (Å²) in [6, 6.07) is 11.8. The molecule has 0 amide bonds. The molecule has 0 saturated heterocycles. The molecule has 4 N–H and O–H groups in total. The maximum atomic E-state index is 11.8. The van der Waals surface area contributed by atoms with Crippen LogP contribution in [0.5, 0.6) is 0 Å². The first-order chi connectivity index (χ1) is 11.0. The van der Waals surface area contributed by atoms with E-state index in [9.17, 15) is 26.3 Å². The summed E-state index contributed by atoms with van der Waals surface area (Å²) in [6.07, 6.45) is 0. The number of alkyl halides is 6. The predicted octanol–water partition coefficient (Wildman–Crippen LogP) is 5.76. The molecular weight excluding hydrogens is 374 g/mol. The predicted molar refractivity (Wildman–Crippen MR) is 85.5 cm³/mol. The molecule has 0 atom stereocenters. The second-order valence-corrected chi connectivity index (χ2v) is 6.38. The van der Waals surface area contributed by atoms with E-state index in [2.05, 4.69) is 0 Å². The number of anilines is 2. The van der Waals surface area contributed by atoms with Gasteiger partial charge in [-0.15, -0.1) is 0 Å². The second-order valence-electron chi connectivity index (χ2n) is 4.17. The highest BCUT2D eigenvalue weighted by Gasteiger charge is 2.30. The van der Waals surface area contributed by atoms with Crippen LogP contribution in [0.4, 0.5) is 37.7 Å². The van der Waals surface area contributed by atoms with E-state index in [0.717, 1.165) is 0 Å². The highest BCUT2D eigenvalue weighted by molar-refractivity contribution is 8.00. The Bertz CT molecular complexity index is 601. The lowest BCUT2D eigenvalue weighted by Crippen LogP contribution is -2.00. The van der Waals surface area contributed by atoms with Gasteiger partial charge in [0.1, 0.15) is 0 Å². The summed E-state index contributed by atoms with van der Waals surface area (Å²) in [6.45, 7) is 0. The number of para-hydroxylation sites is 2. The van der Waals surface area contributed by atoms with Gasteiger partial charge in [0.15, 0.2) is 0 Å². The van der Waals surface area contributed by atoms with Crippen LogP contribution >= 0.6 is 23.5 Å². The van der Waals surface area contributed by atoms with Gasteiger partial charge in [-0.25, -0.2) is 0 Å². The van der Waals surface area contributed by atoms with Crippen LogP contribution < -0.4 is 11.5 Å². The van der Waals surface area contributed by atoms with E-state index in [1.54, 1.807) is 12.1 Å². The van der Waals surface area contributed by atoms with Crippen molar-refractivity contribution in [3.63, 3.8) is 0 Å². The van der Waals surface area contributed by atoms with Gasteiger partial charge in [0.2, 0.25) is 0 Å². The highest BCUT2D eigenvalue weighted by Crippen LogP contribution is 2.40.